The van der Waals surface area contributed by atoms with Gasteiger partial charge in [0.15, 0.2) is 5.96 Å². The molecule has 0 aliphatic carbocycles. The number of aryl methyl sites for hydroxylation is 1. The molecule has 2 aromatic carbocycles. The smallest absolute Gasteiger partial charge is 0.251 e. The predicted molar refractivity (Wildman–Crippen MR) is 112 cm³/mol. The van der Waals surface area contributed by atoms with Crippen LogP contribution in [0.2, 0.25) is 0 Å². The highest BCUT2D eigenvalue weighted by molar-refractivity contribution is 5.94. The molecule has 2 aromatic rings. The fourth-order valence-corrected chi connectivity index (χ4v) is 2.64. The van der Waals surface area contributed by atoms with Crippen molar-refractivity contribution in [1.82, 2.24) is 16.0 Å². The van der Waals surface area contributed by atoms with E-state index in [4.69, 9.17) is 0 Å². The maximum absolute atomic E-state index is 13.4. The Balaban J connectivity index is 1.93. The molecule has 0 aliphatic rings. The van der Waals surface area contributed by atoms with Crippen LogP contribution in [-0.2, 0) is 13.1 Å². The molecule has 2 rings (SSSR count). The number of aliphatic imine (C=N–C) groups is 1. The second-order valence-corrected chi connectivity index (χ2v) is 7.77. The van der Waals surface area contributed by atoms with Crippen LogP contribution in [0, 0.1) is 12.7 Å². The number of guanidine groups is 1. The molecule has 5 nitrogen and oxygen atoms in total. The van der Waals surface area contributed by atoms with Crippen molar-refractivity contribution in [2.24, 2.45) is 4.99 Å². The Hall–Kier alpha value is -2.89. The van der Waals surface area contributed by atoms with E-state index in [-0.39, 0.29) is 17.3 Å². The van der Waals surface area contributed by atoms with Crippen molar-refractivity contribution in [2.45, 2.75) is 46.3 Å². The maximum Gasteiger partial charge on any atom is 0.251 e. The summed E-state index contributed by atoms with van der Waals surface area (Å²) in [4.78, 5) is 16.5. The summed E-state index contributed by atoms with van der Waals surface area (Å²) in [7, 11) is 1.69. The largest absolute Gasteiger partial charge is 0.352 e. The zero-order valence-corrected chi connectivity index (χ0v) is 17.2. The lowest BCUT2D eigenvalue weighted by atomic mass is 10.1. The van der Waals surface area contributed by atoms with Gasteiger partial charge in [0.1, 0.15) is 5.82 Å². The second-order valence-electron chi connectivity index (χ2n) is 7.77. The van der Waals surface area contributed by atoms with Gasteiger partial charge in [0.2, 0.25) is 0 Å². The highest BCUT2D eigenvalue weighted by Crippen LogP contribution is 2.10. The molecule has 0 aliphatic heterocycles. The van der Waals surface area contributed by atoms with E-state index < -0.39 is 0 Å². The fourth-order valence-electron chi connectivity index (χ4n) is 2.64. The molecule has 0 saturated carbocycles. The number of nitrogens with one attached hydrogen (secondary N) is 3. The third-order valence-corrected chi connectivity index (χ3v) is 4.04. The number of rotatable bonds is 5. The number of halogens is 1. The van der Waals surface area contributed by atoms with E-state index >= 15 is 0 Å². The lowest BCUT2D eigenvalue weighted by molar-refractivity contribution is 0.0919. The lowest BCUT2D eigenvalue weighted by Gasteiger charge is -2.20. The van der Waals surface area contributed by atoms with Crippen LogP contribution in [0.15, 0.2) is 47.5 Å². The van der Waals surface area contributed by atoms with Gasteiger partial charge in [-0.3, -0.25) is 9.79 Å². The van der Waals surface area contributed by atoms with Crippen molar-refractivity contribution in [3.8, 4) is 0 Å². The van der Waals surface area contributed by atoms with E-state index in [2.05, 4.69) is 20.9 Å². The molecular formula is C22H29FN4O. The van der Waals surface area contributed by atoms with Gasteiger partial charge >= 0.3 is 0 Å². The summed E-state index contributed by atoms with van der Waals surface area (Å²) in [6.45, 7) is 8.67. The van der Waals surface area contributed by atoms with Gasteiger partial charge in [0, 0.05) is 31.2 Å². The Morgan fingerprint density at radius 1 is 1.04 bits per heavy atom. The van der Waals surface area contributed by atoms with Crippen molar-refractivity contribution in [3.63, 3.8) is 0 Å². The van der Waals surface area contributed by atoms with Crippen LogP contribution in [0.4, 0.5) is 4.39 Å². The first-order chi connectivity index (χ1) is 13.2. The summed E-state index contributed by atoms with van der Waals surface area (Å²) in [6, 6.07) is 12.5. The Morgan fingerprint density at radius 3 is 2.25 bits per heavy atom. The number of hydrogen-bond acceptors (Lipinski definition) is 2. The number of nitrogens with zero attached hydrogens (tertiary/aromatic N) is 1. The molecule has 0 bridgehead atoms. The molecule has 0 unspecified atom stereocenters. The molecule has 0 fully saturated rings. The van der Waals surface area contributed by atoms with Gasteiger partial charge in [-0.15, -0.1) is 0 Å². The van der Waals surface area contributed by atoms with Crippen molar-refractivity contribution >= 4 is 11.9 Å². The standard InChI is InChI=1S/C22H29FN4O/c1-15-11-17(9-10-19(15)23)14-26-21(24-5)25-13-16-7-6-8-18(12-16)20(28)27-22(2,3)4/h6-12H,13-14H2,1-5H3,(H,27,28)(H2,24,25,26). The number of carbonyl (C=O) groups excluding carboxylic acids is 1. The van der Waals surface area contributed by atoms with E-state index in [1.54, 1.807) is 26.1 Å². The van der Waals surface area contributed by atoms with Gasteiger partial charge < -0.3 is 16.0 Å². The first-order valence-electron chi connectivity index (χ1n) is 9.29. The van der Waals surface area contributed by atoms with E-state index in [0.717, 1.165) is 11.1 Å². The van der Waals surface area contributed by atoms with Gasteiger partial charge in [-0.05, 0) is 62.6 Å². The summed E-state index contributed by atoms with van der Waals surface area (Å²) in [5.41, 5.74) is 2.91. The molecule has 3 N–H and O–H groups in total. The van der Waals surface area contributed by atoms with Crippen LogP contribution in [-0.4, -0.2) is 24.5 Å². The van der Waals surface area contributed by atoms with Gasteiger partial charge in [-0.25, -0.2) is 4.39 Å². The summed E-state index contributed by atoms with van der Waals surface area (Å²) < 4.78 is 13.4. The third-order valence-electron chi connectivity index (χ3n) is 4.04. The molecule has 0 saturated heterocycles. The average molecular weight is 384 g/mol. The summed E-state index contributed by atoms with van der Waals surface area (Å²) in [5, 5.41) is 9.40. The molecule has 0 radical (unpaired) electrons. The zero-order valence-electron chi connectivity index (χ0n) is 17.2. The van der Waals surface area contributed by atoms with Crippen molar-refractivity contribution in [3.05, 3.63) is 70.5 Å². The van der Waals surface area contributed by atoms with Crippen LogP contribution in [0.5, 0.6) is 0 Å². The number of carbonyl (C=O) groups is 1. The molecule has 150 valence electrons. The third kappa shape index (κ3) is 6.68. The number of benzene rings is 2. The van der Waals surface area contributed by atoms with E-state index in [1.165, 1.54) is 6.07 Å². The minimum absolute atomic E-state index is 0.0939. The Kier molecular flexibility index (Phi) is 7.15. The molecule has 0 aromatic heterocycles. The van der Waals surface area contributed by atoms with Crippen LogP contribution in [0.25, 0.3) is 0 Å². The average Bonchev–Trinajstić information content (AvgIpc) is 2.63. The highest BCUT2D eigenvalue weighted by atomic mass is 19.1. The van der Waals surface area contributed by atoms with E-state index in [9.17, 15) is 9.18 Å². The molecular weight excluding hydrogens is 355 g/mol. The van der Waals surface area contributed by atoms with E-state index in [1.807, 2.05) is 45.0 Å². The van der Waals surface area contributed by atoms with Gasteiger partial charge in [0.25, 0.3) is 5.91 Å². The zero-order chi connectivity index (χ0) is 20.7. The topological polar surface area (TPSA) is 65.5 Å². The normalized spacial score (nSPS) is 11.9. The molecule has 28 heavy (non-hydrogen) atoms. The molecule has 0 atom stereocenters. The fraction of sp³-hybridized carbons (Fsp3) is 0.364. The minimum atomic E-state index is -0.282. The van der Waals surface area contributed by atoms with Crippen molar-refractivity contribution in [1.29, 1.82) is 0 Å². The highest BCUT2D eigenvalue weighted by Gasteiger charge is 2.15. The SMILES string of the molecule is CN=C(NCc1cccc(C(=O)NC(C)(C)C)c1)NCc1ccc(F)c(C)c1. The van der Waals surface area contributed by atoms with Gasteiger partial charge in [-0.1, -0.05) is 24.3 Å². The maximum atomic E-state index is 13.4. The Morgan fingerprint density at radius 2 is 1.68 bits per heavy atom. The van der Waals surface area contributed by atoms with Crippen molar-refractivity contribution in [2.75, 3.05) is 7.05 Å². The monoisotopic (exact) mass is 384 g/mol. The molecule has 6 heteroatoms. The van der Waals surface area contributed by atoms with Crippen LogP contribution < -0.4 is 16.0 Å². The molecule has 1 amide bonds. The molecule has 0 spiro atoms. The number of hydrogen-bond donors (Lipinski definition) is 3. The minimum Gasteiger partial charge on any atom is -0.352 e. The van der Waals surface area contributed by atoms with Crippen LogP contribution >= 0.6 is 0 Å². The van der Waals surface area contributed by atoms with E-state index in [0.29, 0.717) is 30.2 Å². The number of amides is 1. The van der Waals surface area contributed by atoms with Crippen LogP contribution in [0.1, 0.15) is 47.8 Å². The molecule has 0 heterocycles. The van der Waals surface area contributed by atoms with Crippen LogP contribution in [0.3, 0.4) is 0 Å². The quantitative estimate of drug-likeness (QED) is 0.546. The first-order valence-corrected chi connectivity index (χ1v) is 9.29. The second kappa shape index (κ2) is 9.35. The lowest BCUT2D eigenvalue weighted by Crippen LogP contribution is -2.40. The summed E-state index contributed by atoms with van der Waals surface area (Å²) >= 11 is 0. The summed E-state index contributed by atoms with van der Waals surface area (Å²) in [5.74, 6) is 0.330. The Labute approximate surface area is 166 Å². The van der Waals surface area contributed by atoms with Gasteiger partial charge in [-0.2, -0.15) is 0 Å². The predicted octanol–water partition coefficient (Wildman–Crippen LogP) is 3.53. The Bertz CT molecular complexity index is 856. The first kappa shape index (κ1) is 21.4. The van der Waals surface area contributed by atoms with Crippen molar-refractivity contribution < 1.29 is 9.18 Å². The summed E-state index contributed by atoms with van der Waals surface area (Å²) in [6.07, 6.45) is 0. The van der Waals surface area contributed by atoms with Gasteiger partial charge in [0.05, 0.1) is 0 Å².